The summed E-state index contributed by atoms with van der Waals surface area (Å²) < 4.78 is 39.7. The lowest BCUT2D eigenvalue weighted by Gasteiger charge is -2.36. The molecule has 0 aliphatic carbocycles. The van der Waals surface area contributed by atoms with Gasteiger partial charge in [-0.25, -0.2) is 23.5 Å². The fourth-order valence-corrected chi connectivity index (χ4v) is 4.86. The first-order valence-corrected chi connectivity index (χ1v) is 11.4. The van der Waals surface area contributed by atoms with E-state index < -0.39 is 18.6 Å². The van der Waals surface area contributed by atoms with Gasteiger partial charge < -0.3 is 19.9 Å². The molecule has 1 aromatic carbocycles. The van der Waals surface area contributed by atoms with Gasteiger partial charge in [0.15, 0.2) is 5.82 Å². The van der Waals surface area contributed by atoms with Crippen LogP contribution in [0.15, 0.2) is 35.2 Å². The largest absolute Gasteiger partial charge is 0.497 e. The number of halogens is 3. The van der Waals surface area contributed by atoms with E-state index in [1.807, 2.05) is 16.5 Å². The number of rotatable bonds is 7. The minimum Gasteiger partial charge on any atom is -0.497 e. The highest BCUT2D eigenvalue weighted by atomic mass is 79.9. The van der Waals surface area contributed by atoms with Gasteiger partial charge >= 0.3 is 6.09 Å². The van der Waals surface area contributed by atoms with E-state index in [2.05, 4.69) is 31.2 Å². The Bertz CT molecular complexity index is 1190. The van der Waals surface area contributed by atoms with Gasteiger partial charge in [0.1, 0.15) is 27.4 Å². The molecule has 1 saturated heterocycles. The molecule has 1 aliphatic rings. The van der Waals surface area contributed by atoms with Crippen molar-refractivity contribution in [2.75, 3.05) is 26.1 Å². The summed E-state index contributed by atoms with van der Waals surface area (Å²) in [7, 11) is 3.17. The Kier molecular flexibility index (Phi) is 7.05. The lowest BCUT2D eigenvalue weighted by molar-refractivity contribution is 0.00474. The predicted molar refractivity (Wildman–Crippen MR) is 124 cm³/mol. The number of nitrogens with zero attached hydrogens (tertiary/aromatic N) is 4. The number of ether oxygens (including phenoxy) is 2. The van der Waals surface area contributed by atoms with E-state index in [4.69, 9.17) is 9.47 Å². The first-order chi connectivity index (χ1) is 16.3. The standard InChI is InChI=1S/C22H24BrF2N5O4/c1-33-14-5-3-12(16(9-14)34-2)10-27-20-17-18(23)28-21(29(17)8-7-26-20)13-4-6-15(19(24)25)30(11-13)22(31)32/h3,5,7-9,13,15,19H,4,6,10-11H2,1-2H3,(H,26,27)(H,31,32). The zero-order chi connectivity index (χ0) is 24.4. The Labute approximate surface area is 202 Å². The molecule has 0 saturated carbocycles. The van der Waals surface area contributed by atoms with Crippen molar-refractivity contribution in [1.29, 1.82) is 0 Å². The Balaban J connectivity index is 1.61. The highest BCUT2D eigenvalue weighted by Gasteiger charge is 2.39. The van der Waals surface area contributed by atoms with Gasteiger partial charge in [-0.1, -0.05) is 0 Å². The molecule has 0 bridgehead atoms. The maximum atomic E-state index is 13.3. The van der Waals surface area contributed by atoms with Crippen LogP contribution in [0.5, 0.6) is 11.5 Å². The SMILES string of the molecule is COc1ccc(CNc2nccn3c(C4CCC(C(F)F)N(C(=O)O)C4)nc(Br)c23)c(OC)c1. The van der Waals surface area contributed by atoms with Gasteiger partial charge in [-0.05, 0) is 40.9 Å². The quantitative estimate of drug-likeness (QED) is 0.452. The maximum Gasteiger partial charge on any atom is 0.407 e. The van der Waals surface area contributed by atoms with Gasteiger partial charge in [0.2, 0.25) is 0 Å². The van der Waals surface area contributed by atoms with E-state index in [0.29, 0.717) is 46.2 Å². The highest BCUT2D eigenvalue weighted by Crippen LogP contribution is 2.35. The van der Waals surface area contributed by atoms with Gasteiger partial charge in [0.25, 0.3) is 6.43 Å². The molecule has 0 radical (unpaired) electrons. The number of carbonyl (C=O) groups is 1. The molecule has 34 heavy (non-hydrogen) atoms. The van der Waals surface area contributed by atoms with Crippen molar-refractivity contribution in [2.24, 2.45) is 0 Å². The molecule has 1 fully saturated rings. The number of imidazole rings is 1. The number of amides is 1. The average Bonchev–Trinajstić information content (AvgIpc) is 3.19. The van der Waals surface area contributed by atoms with Crippen LogP contribution in [0, 0.1) is 0 Å². The molecule has 12 heteroatoms. The summed E-state index contributed by atoms with van der Waals surface area (Å²) in [5.74, 6) is 2.16. The van der Waals surface area contributed by atoms with Gasteiger partial charge in [-0.15, -0.1) is 0 Å². The Morgan fingerprint density at radius 2 is 2.12 bits per heavy atom. The number of carboxylic acid groups (broad SMARTS) is 1. The minimum absolute atomic E-state index is 0.0516. The van der Waals surface area contributed by atoms with Crippen molar-refractivity contribution in [3.63, 3.8) is 0 Å². The molecule has 9 nitrogen and oxygen atoms in total. The van der Waals surface area contributed by atoms with Crippen molar-refractivity contribution >= 4 is 33.4 Å². The average molecular weight is 540 g/mol. The normalized spacial score (nSPS) is 18.4. The number of alkyl halides is 2. The molecule has 2 N–H and O–H groups in total. The smallest absolute Gasteiger partial charge is 0.407 e. The van der Waals surface area contributed by atoms with Crippen LogP contribution in [-0.2, 0) is 6.54 Å². The van der Waals surface area contributed by atoms with E-state index in [1.165, 1.54) is 0 Å². The Morgan fingerprint density at radius 3 is 2.79 bits per heavy atom. The van der Waals surface area contributed by atoms with Crippen LogP contribution in [0.3, 0.4) is 0 Å². The van der Waals surface area contributed by atoms with E-state index in [-0.39, 0.29) is 18.9 Å². The minimum atomic E-state index is -2.73. The number of hydrogen-bond acceptors (Lipinski definition) is 6. The molecule has 0 spiro atoms. The van der Waals surface area contributed by atoms with Crippen LogP contribution >= 0.6 is 15.9 Å². The number of hydrogen-bond donors (Lipinski definition) is 2. The van der Waals surface area contributed by atoms with Crippen molar-refractivity contribution in [3.8, 4) is 11.5 Å². The number of fused-ring (bicyclic) bond motifs is 1. The first kappa shape index (κ1) is 24.0. The van der Waals surface area contributed by atoms with Crippen LogP contribution in [0.25, 0.3) is 5.52 Å². The summed E-state index contributed by atoms with van der Waals surface area (Å²) in [5.41, 5.74) is 1.56. The zero-order valence-electron chi connectivity index (χ0n) is 18.5. The lowest BCUT2D eigenvalue weighted by Crippen LogP contribution is -2.49. The highest BCUT2D eigenvalue weighted by molar-refractivity contribution is 9.10. The van der Waals surface area contributed by atoms with Crippen molar-refractivity contribution in [2.45, 2.75) is 37.8 Å². The molecule has 2 atom stereocenters. The van der Waals surface area contributed by atoms with E-state index in [9.17, 15) is 18.7 Å². The molecule has 1 aliphatic heterocycles. The van der Waals surface area contributed by atoms with Crippen molar-refractivity contribution in [1.82, 2.24) is 19.3 Å². The lowest BCUT2D eigenvalue weighted by atomic mass is 9.92. The molecular weight excluding hydrogens is 516 g/mol. The van der Waals surface area contributed by atoms with Crippen LogP contribution < -0.4 is 14.8 Å². The van der Waals surface area contributed by atoms with Gasteiger partial charge in [-0.2, -0.15) is 0 Å². The summed E-state index contributed by atoms with van der Waals surface area (Å²) >= 11 is 3.48. The number of anilines is 1. The third-order valence-electron chi connectivity index (χ3n) is 6.01. The Morgan fingerprint density at radius 1 is 1.32 bits per heavy atom. The zero-order valence-corrected chi connectivity index (χ0v) is 20.1. The second-order valence-corrected chi connectivity index (χ2v) is 8.65. The van der Waals surface area contributed by atoms with E-state index in [1.54, 1.807) is 32.7 Å². The van der Waals surface area contributed by atoms with Crippen molar-refractivity contribution in [3.05, 3.63) is 46.6 Å². The van der Waals surface area contributed by atoms with E-state index >= 15 is 0 Å². The van der Waals surface area contributed by atoms with Gasteiger partial charge in [0, 0.05) is 43.0 Å². The monoisotopic (exact) mass is 539 g/mol. The molecule has 1 amide bonds. The number of methoxy groups -OCH3 is 2. The molecular formula is C22H24BrF2N5O4. The van der Waals surface area contributed by atoms with E-state index in [0.717, 1.165) is 10.5 Å². The molecule has 3 heterocycles. The number of aromatic nitrogens is 3. The molecule has 2 aromatic heterocycles. The van der Waals surface area contributed by atoms with Crippen LogP contribution in [0.4, 0.5) is 19.4 Å². The van der Waals surface area contributed by atoms with Crippen LogP contribution in [0.2, 0.25) is 0 Å². The van der Waals surface area contributed by atoms with Crippen LogP contribution in [0.1, 0.15) is 30.1 Å². The molecule has 182 valence electrons. The Hall–Kier alpha value is -3.15. The predicted octanol–water partition coefficient (Wildman–Crippen LogP) is 4.61. The summed E-state index contributed by atoms with van der Waals surface area (Å²) in [5, 5.41) is 12.8. The van der Waals surface area contributed by atoms with Gasteiger partial charge in [0.05, 0.1) is 20.3 Å². The number of likely N-dealkylation sites (tertiary alicyclic amines) is 1. The third kappa shape index (κ3) is 4.59. The second-order valence-electron chi connectivity index (χ2n) is 7.90. The summed E-state index contributed by atoms with van der Waals surface area (Å²) in [6, 6.07) is 4.22. The number of piperidine rings is 1. The maximum absolute atomic E-state index is 13.3. The topological polar surface area (TPSA) is 101 Å². The second kappa shape index (κ2) is 10.00. The fraction of sp³-hybridized carbons (Fsp3) is 0.409. The summed E-state index contributed by atoms with van der Waals surface area (Å²) in [6.07, 6.45) is -0.278. The molecule has 3 aromatic rings. The summed E-state index contributed by atoms with van der Waals surface area (Å²) in [4.78, 5) is 21.5. The summed E-state index contributed by atoms with van der Waals surface area (Å²) in [6.45, 7) is 0.364. The third-order valence-corrected chi connectivity index (χ3v) is 6.56. The fourth-order valence-electron chi connectivity index (χ4n) is 4.30. The number of nitrogens with one attached hydrogen (secondary N) is 1. The van der Waals surface area contributed by atoms with Gasteiger partial charge in [-0.3, -0.25) is 9.30 Å². The number of benzene rings is 1. The van der Waals surface area contributed by atoms with Crippen molar-refractivity contribution < 1.29 is 28.2 Å². The van der Waals surface area contributed by atoms with Crippen LogP contribution in [-0.4, -0.2) is 63.7 Å². The molecule has 2 unspecified atom stereocenters. The first-order valence-electron chi connectivity index (χ1n) is 10.6. The molecule has 4 rings (SSSR count).